The first-order valence-electron chi connectivity index (χ1n) is 9.72. The molecule has 1 aromatic heterocycles. The number of nitrogens with zero attached hydrogens (tertiary/aromatic N) is 4. The van der Waals surface area contributed by atoms with E-state index < -0.39 is 16.7 Å². The summed E-state index contributed by atoms with van der Waals surface area (Å²) in [6, 6.07) is 9.44. The van der Waals surface area contributed by atoms with Gasteiger partial charge in [-0.1, -0.05) is 30.3 Å². The van der Waals surface area contributed by atoms with Crippen molar-refractivity contribution in [2.24, 2.45) is 5.92 Å². The standard InChI is InChI=1S/C20H22N4O4/c25-17(15-6-7-15)22-9-8-20(12-22)13-23-16(11-28-20)21-24(19(27)18(23)26)10-14-4-2-1-3-5-14/h1-5,15H,6-13H2/t20-/m1/s1. The summed E-state index contributed by atoms with van der Waals surface area (Å²) < 4.78 is 8.76. The average Bonchev–Trinajstić information content (AvgIpc) is 3.49. The monoisotopic (exact) mass is 382 g/mol. The van der Waals surface area contributed by atoms with Crippen LogP contribution < -0.4 is 11.1 Å². The summed E-state index contributed by atoms with van der Waals surface area (Å²) in [7, 11) is 0. The third kappa shape index (κ3) is 2.97. The van der Waals surface area contributed by atoms with Crippen LogP contribution >= 0.6 is 0 Å². The smallest absolute Gasteiger partial charge is 0.332 e. The number of rotatable bonds is 3. The number of ether oxygens (including phenoxy) is 1. The maximum atomic E-state index is 12.8. The summed E-state index contributed by atoms with van der Waals surface area (Å²) >= 11 is 0. The summed E-state index contributed by atoms with van der Waals surface area (Å²) in [4.78, 5) is 39.5. The Balaban J connectivity index is 1.41. The molecule has 8 nitrogen and oxygen atoms in total. The highest BCUT2D eigenvalue weighted by Gasteiger charge is 2.46. The van der Waals surface area contributed by atoms with Crippen LogP contribution in [0.3, 0.4) is 0 Å². The maximum Gasteiger partial charge on any atom is 0.332 e. The summed E-state index contributed by atoms with van der Waals surface area (Å²) in [6.07, 6.45) is 2.61. The van der Waals surface area contributed by atoms with Crippen molar-refractivity contribution < 1.29 is 9.53 Å². The molecular formula is C20H22N4O4. The molecule has 2 aliphatic heterocycles. The van der Waals surface area contributed by atoms with E-state index in [4.69, 9.17) is 4.74 Å². The fourth-order valence-electron chi connectivity index (χ4n) is 4.13. The van der Waals surface area contributed by atoms with E-state index >= 15 is 0 Å². The van der Waals surface area contributed by atoms with Crippen molar-refractivity contribution in [3.05, 3.63) is 62.4 Å². The Bertz CT molecular complexity index is 1040. The number of benzene rings is 1. The highest BCUT2D eigenvalue weighted by molar-refractivity contribution is 5.81. The number of hydrogen-bond donors (Lipinski definition) is 0. The van der Waals surface area contributed by atoms with Crippen molar-refractivity contribution >= 4 is 5.91 Å². The molecule has 1 saturated carbocycles. The summed E-state index contributed by atoms with van der Waals surface area (Å²) in [5.41, 5.74) is -0.898. The van der Waals surface area contributed by atoms with E-state index in [0.29, 0.717) is 25.3 Å². The van der Waals surface area contributed by atoms with Gasteiger partial charge in [0.2, 0.25) is 5.91 Å². The van der Waals surface area contributed by atoms with E-state index in [1.807, 2.05) is 35.2 Å². The van der Waals surface area contributed by atoms with Gasteiger partial charge in [0.25, 0.3) is 0 Å². The van der Waals surface area contributed by atoms with Gasteiger partial charge in [-0.05, 0) is 24.8 Å². The van der Waals surface area contributed by atoms with Crippen LogP contribution in [0.15, 0.2) is 39.9 Å². The third-order valence-corrected chi connectivity index (χ3v) is 5.89. The molecule has 1 amide bonds. The molecule has 2 fully saturated rings. The highest BCUT2D eigenvalue weighted by Crippen LogP contribution is 2.36. The fraction of sp³-hybridized carbons (Fsp3) is 0.500. The normalized spacial score (nSPS) is 23.8. The lowest BCUT2D eigenvalue weighted by atomic mass is 10.0. The molecule has 146 valence electrons. The number of fused-ring (bicyclic) bond motifs is 1. The first-order chi connectivity index (χ1) is 13.5. The number of aromatic nitrogens is 3. The van der Waals surface area contributed by atoms with Gasteiger partial charge in [0.05, 0.1) is 19.6 Å². The van der Waals surface area contributed by atoms with Gasteiger partial charge in [0, 0.05) is 12.5 Å². The number of amides is 1. The van der Waals surface area contributed by atoms with Crippen molar-refractivity contribution in [1.82, 2.24) is 19.2 Å². The molecule has 8 heteroatoms. The van der Waals surface area contributed by atoms with E-state index in [1.165, 1.54) is 9.25 Å². The van der Waals surface area contributed by atoms with Crippen LogP contribution in [-0.2, 0) is 29.2 Å². The number of likely N-dealkylation sites (tertiary alicyclic amines) is 1. The SMILES string of the molecule is O=C(C1CC1)N1CC[C@@]2(C1)Cn1c(nn(Cc3ccccc3)c(=O)c1=O)CO2. The maximum absolute atomic E-state index is 12.8. The molecule has 0 N–H and O–H groups in total. The van der Waals surface area contributed by atoms with Crippen LogP contribution in [-0.4, -0.2) is 43.8 Å². The summed E-state index contributed by atoms with van der Waals surface area (Å²) in [6.45, 7) is 1.79. The van der Waals surface area contributed by atoms with Crippen LogP contribution in [0, 0.1) is 5.92 Å². The molecule has 2 aromatic rings. The molecule has 3 aliphatic rings. The van der Waals surface area contributed by atoms with Gasteiger partial charge in [-0.3, -0.25) is 19.0 Å². The minimum atomic E-state index is -0.631. The molecule has 3 heterocycles. The first kappa shape index (κ1) is 17.4. The predicted molar refractivity (Wildman–Crippen MR) is 99.7 cm³/mol. The van der Waals surface area contributed by atoms with Gasteiger partial charge < -0.3 is 9.64 Å². The molecule has 1 spiro atoms. The molecule has 1 atom stereocenters. The van der Waals surface area contributed by atoms with E-state index in [-0.39, 0.29) is 31.5 Å². The fourth-order valence-corrected chi connectivity index (χ4v) is 4.13. The zero-order valence-corrected chi connectivity index (χ0v) is 15.5. The summed E-state index contributed by atoms with van der Waals surface area (Å²) in [5, 5.41) is 4.38. The summed E-state index contributed by atoms with van der Waals surface area (Å²) in [5.74, 6) is 0.814. The largest absolute Gasteiger partial charge is 0.363 e. The Morgan fingerprint density at radius 3 is 2.68 bits per heavy atom. The Hall–Kier alpha value is -2.74. The number of carbonyl (C=O) groups is 1. The number of carbonyl (C=O) groups excluding carboxylic acids is 1. The second kappa shape index (κ2) is 6.41. The minimum absolute atomic E-state index is 0.162. The van der Waals surface area contributed by atoms with Gasteiger partial charge in [-0.15, -0.1) is 0 Å². The van der Waals surface area contributed by atoms with Crippen molar-refractivity contribution in [3.8, 4) is 0 Å². The lowest BCUT2D eigenvalue weighted by molar-refractivity contribution is -0.134. The molecule has 0 bridgehead atoms. The number of hydrogen-bond acceptors (Lipinski definition) is 5. The van der Waals surface area contributed by atoms with Crippen molar-refractivity contribution in [3.63, 3.8) is 0 Å². The van der Waals surface area contributed by atoms with Crippen molar-refractivity contribution in [2.45, 2.75) is 44.6 Å². The zero-order valence-electron chi connectivity index (χ0n) is 15.5. The van der Waals surface area contributed by atoms with Gasteiger partial charge >= 0.3 is 11.1 Å². The second-order valence-electron chi connectivity index (χ2n) is 8.01. The van der Waals surface area contributed by atoms with Crippen LogP contribution in [0.4, 0.5) is 0 Å². The molecule has 1 aromatic carbocycles. The van der Waals surface area contributed by atoms with Gasteiger partial charge in [0.1, 0.15) is 12.2 Å². The van der Waals surface area contributed by atoms with Crippen molar-refractivity contribution in [2.75, 3.05) is 13.1 Å². The topological polar surface area (TPSA) is 86.4 Å². The molecule has 28 heavy (non-hydrogen) atoms. The molecule has 1 aliphatic carbocycles. The average molecular weight is 382 g/mol. The van der Waals surface area contributed by atoms with Crippen molar-refractivity contribution in [1.29, 1.82) is 0 Å². The van der Waals surface area contributed by atoms with Gasteiger partial charge in [-0.2, -0.15) is 5.10 Å². The molecular weight excluding hydrogens is 360 g/mol. The van der Waals surface area contributed by atoms with Crippen LogP contribution in [0.25, 0.3) is 0 Å². The lowest BCUT2D eigenvalue weighted by Crippen LogP contribution is -2.53. The molecule has 0 unspecified atom stereocenters. The van der Waals surface area contributed by atoms with E-state index in [0.717, 1.165) is 18.4 Å². The Morgan fingerprint density at radius 2 is 1.93 bits per heavy atom. The Kier molecular flexibility index (Phi) is 3.97. The van der Waals surface area contributed by atoms with E-state index in [1.54, 1.807) is 0 Å². The Labute approximate surface area is 161 Å². The predicted octanol–water partition coefficient (Wildman–Crippen LogP) is 0.365. The van der Waals surface area contributed by atoms with Gasteiger partial charge in [-0.25, -0.2) is 4.68 Å². The highest BCUT2D eigenvalue weighted by atomic mass is 16.5. The van der Waals surface area contributed by atoms with E-state index in [9.17, 15) is 14.4 Å². The second-order valence-corrected chi connectivity index (χ2v) is 8.01. The molecule has 5 rings (SSSR count). The van der Waals surface area contributed by atoms with Gasteiger partial charge in [0.15, 0.2) is 5.82 Å². The van der Waals surface area contributed by atoms with Crippen LogP contribution in [0.2, 0.25) is 0 Å². The van der Waals surface area contributed by atoms with Crippen LogP contribution in [0.1, 0.15) is 30.7 Å². The minimum Gasteiger partial charge on any atom is -0.363 e. The Morgan fingerprint density at radius 1 is 1.14 bits per heavy atom. The van der Waals surface area contributed by atoms with E-state index in [2.05, 4.69) is 5.10 Å². The first-order valence-corrected chi connectivity index (χ1v) is 9.72. The van der Waals surface area contributed by atoms with Crippen LogP contribution in [0.5, 0.6) is 0 Å². The third-order valence-electron chi connectivity index (χ3n) is 5.89. The zero-order chi connectivity index (χ0) is 19.3. The molecule has 1 saturated heterocycles. The molecule has 0 radical (unpaired) electrons. The lowest BCUT2D eigenvalue weighted by Gasteiger charge is -2.35. The quantitative estimate of drug-likeness (QED) is 0.716.